The Balaban J connectivity index is 1.77. The molecule has 0 spiro atoms. The van der Waals surface area contributed by atoms with Gasteiger partial charge < -0.3 is 5.32 Å². The van der Waals surface area contributed by atoms with Crippen LogP contribution in [0.4, 0.5) is 0 Å². The minimum absolute atomic E-state index is 0.0797. The van der Waals surface area contributed by atoms with Gasteiger partial charge in [0.1, 0.15) is 6.54 Å². The molecule has 21 heavy (non-hydrogen) atoms. The molecule has 3 rings (SSSR count). The molecule has 1 saturated carbocycles. The average Bonchev–Trinajstić information content (AvgIpc) is 3.27. The molecular weight excluding hydrogens is 270 g/mol. The van der Waals surface area contributed by atoms with Crippen molar-refractivity contribution in [1.29, 1.82) is 0 Å². The average molecular weight is 287 g/mol. The first-order valence-electron chi connectivity index (χ1n) is 7.06. The molecule has 2 aromatic rings. The van der Waals surface area contributed by atoms with E-state index in [4.69, 9.17) is 4.52 Å². The molecule has 1 unspecified atom stereocenters. The molecule has 0 bridgehead atoms. The van der Waals surface area contributed by atoms with Crippen LogP contribution < -0.4 is 11.1 Å². The van der Waals surface area contributed by atoms with Crippen molar-refractivity contribution in [2.75, 3.05) is 0 Å². The summed E-state index contributed by atoms with van der Waals surface area (Å²) < 4.78 is 5.95. The largest absolute Gasteiger partial charge is 0.442 e. The number of carbonyl (C=O) groups is 1. The van der Waals surface area contributed by atoms with Gasteiger partial charge in [-0.05, 0) is 25.7 Å². The van der Waals surface area contributed by atoms with Crippen LogP contribution in [0.2, 0.25) is 0 Å². The summed E-state index contributed by atoms with van der Waals surface area (Å²) in [4.78, 5) is 23.8. The molecule has 1 aromatic carbocycles. The fraction of sp³-hybridized carbons (Fsp3) is 0.400. The maximum atomic E-state index is 12.0. The normalized spacial score (nSPS) is 15.7. The Morgan fingerprint density at radius 1 is 1.43 bits per heavy atom. The Bertz CT molecular complexity index is 686. The highest BCUT2D eigenvalue weighted by Crippen LogP contribution is 2.32. The Labute approximate surface area is 121 Å². The number of aromatic nitrogens is 2. The van der Waals surface area contributed by atoms with Crippen LogP contribution in [0.1, 0.15) is 19.8 Å². The number of hydrogen-bond acceptors (Lipinski definition) is 4. The zero-order valence-electron chi connectivity index (χ0n) is 11.8. The molecule has 0 saturated heterocycles. The van der Waals surface area contributed by atoms with E-state index in [2.05, 4.69) is 10.5 Å². The van der Waals surface area contributed by atoms with E-state index in [0.29, 0.717) is 11.7 Å². The second kappa shape index (κ2) is 5.55. The van der Waals surface area contributed by atoms with Crippen LogP contribution >= 0.6 is 0 Å². The van der Waals surface area contributed by atoms with Crippen LogP contribution in [-0.2, 0) is 11.3 Å². The predicted molar refractivity (Wildman–Crippen MR) is 76.5 cm³/mol. The monoisotopic (exact) mass is 287 g/mol. The van der Waals surface area contributed by atoms with Gasteiger partial charge >= 0.3 is 5.76 Å². The highest BCUT2D eigenvalue weighted by atomic mass is 16.5. The van der Waals surface area contributed by atoms with Crippen LogP contribution in [0.3, 0.4) is 0 Å². The van der Waals surface area contributed by atoms with E-state index in [1.54, 1.807) is 0 Å². The van der Waals surface area contributed by atoms with E-state index < -0.39 is 5.76 Å². The van der Waals surface area contributed by atoms with Crippen molar-refractivity contribution < 1.29 is 9.32 Å². The van der Waals surface area contributed by atoms with Crippen molar-refractivity contribution >= 4 is 5.91 Å². The van der Waals surface area contributed by atoms with Crippen molar-refractivity contribution in [2.45, 2.75) is 32.4 Å². The van der Waals surface area contributed by atoms with Crippen molar-refractivity contribution in [3.8, 4) is 11.4 Å². The van der Waals surface area contributed by atoms with Crippen LogP contribution in [0, 0.1) is 5.92 Å². The summed E-state index contributed by atoms with van der Waals surface area (Å²) in [5, 5.41) is 6.68. The number of amides is 1. The van der Waals surface area contributed by atoms with Gasteiger partial charge in [0.25, 0.3) is 0 Å². The lowest BCUT2D eigenvalue weighted by atomic mass is 10.2. The third kappa shape index (κ3) is 3.04. The Morgan fingerprint density at radius 3 is 2.81 bits per heavy atom. The number of nitrogens with one attached hydrogen (secondary N) is 1. The molecule has 1 N–H and O–H groups in total. The van der Waals surface area contributed by atoms with Gasteiger partial charge in [-0.1, -0.05) is 35.5 Å². The number of nitrogens with zero attached hydrogens (tertiary/aromatic N) is 2. The van der Waals surface area contributed by atoms with Crippen molar-refractivity contribution in [3.05, 3.63) is 40.9 Å². The summed E-state index contributed by atoms with van der Waals surface area (Å²) in [5.74, 6) is 0.122. The zero-order chi connectivity index (χ0) is 14.8. The molecule has 1 aliphatic rings. The first-order chi connectivity index (χ1) is 10.1. The van der Waals surface area contributed by atoms with Crippen molar-refractivity contribution in [1.82, 2.24) is 15.0 Å². The van der Waals surface area contributed by atoms with Gasteiger partial charge in [0.2, 0.25) is 5.91 Å². The summed E-state index contributed by atoms with van der Waals surface area (Å²) in [6.45, 7) is 1.91. The molecule has 6 nitrogen and oxygen atoms in total. The van der Waals surface area contributed by atoms with Crippen LogP contribution in [-0.4, -0.2) is 21.7 Å². The van der Waals surface area contributed by atoms with E-state index in [1.165, 1.54) is 4.57 Å². The second-order valence-electron chi connectivity index (χ2n) is 5.42. The van der Waals surface area contributed by atoms with Gasteiger partial charge in [-0.15, -0.1) is 0 Å². The third-order valence-corrected chi connectivity index (χ3v) is 3.74. The first kappa shape index (κ1) is 13.6. The summed E-state index contributed by atoms with van der Waals surface area (Å²) >= 11 is 0. The summed E-state index contributed by atoms with van der Waals surface area (Å²) in [5.41, 5.74) is 0.742. The lowest BCUT2D eigenvalue weighted by Crippen LogP contribution is -2.38. The van der Waals surface area contributed by atoms with E-state index in [0.717, 1.165) is 18.4 Å². The van der Waals surface area contributed by atoms with Crippen molar-refractivity contribution in [3.63, 3.8) is 0 Å². The quantitative estimate of drug-likeness (QED) is 0.902. The molecule has 1 aromatic heterocycles. The van der Waals surface area contributed by atoms with Gasteiger partial charge in [-0.2, -0.15) is 0 Å². The van der Waals surface area contributed by atoms with Gasteiger partial charge in [0, 0.05) is 11.6 Å². The molecular formula is C15H17N3O3. The van der Waals surface area contributed by atoms with Crippen LogP contribution in [0.5, 0.6) is 0 Å². The number of rotatable bonds is 5. The molecule has 1 heterocycles. The molecule has 1 atom stereocenters. The van der Waals surface area contributed by atoms with Gasteiger partial charge in [0.15, 0.2) is 5.82 Å². The second-order valence-corrected chi connectivity index (χ2v) is 5.42. The van der Waals surface area contributed by atoms with Crippen LogP contribution in [0.25, 0.3) is 11.4 Å². The van der Waals surface area contributed by atoms with E-state index in [9.17, 15) is 9.59 Å². The van der Waals surface area contributed by atoms with E-state index in [1.807, 2.05) is 37.3 Å². The molecule has 110 valence electrons. The lowest BCUT2D eigenvalue weighted by Gasteiger charge is -2.12. The van der Waals surface area contributed by atoms with Crippen LogP contribution in [0.15, 0.2) is 39.6 Å². The fourth-order valence-electron chi connectivity index (χ4n) is 2.36. The topological polar surface area (TPSA) is 77.1 Å². The standard InChI is InChI=1S/C15H17N3O3/c1-10(11-7-8-11)16-13(19)9-18-14(17-21-15(18)20)12-5-3-2-4-6-12/h2-6,10-11H,7-9H2,1H3,(H,16,19). The molecule has 1 fully saturated rings. The third-order valence-electron chi connectivity index (χ3n) is 3.74. The maximum Gasteiger partial charge on any atom is 0.442 e. The SMILES string of the molecule is CC(NC(=O)Cn1c(-c2ccccc2)noc1=O)C1CC1. The summed E-state index contributed by atoms with van der Waals surface area (Å²) in [6, 6.07) is 9.34. The summed E-state index contributed by atoms with van der Waals surface area (Å²) in [7, 11) is 0. The van der Waals surface area contributed by atoms with E-state index >= 15 is 0 Å². The molecule has 6 heteroatoms. The number of hydrogen-bond donors (Lipinski definition) is 1. The first-order valence-corrected chi connectivity index (χ1v) is 7.06. The molecule has 0 aliphatic heterocycles. The molecule has 1 aliphatic carbocycles. The summed E-state index contributed by atoms with van der Waals surface area (Å²) in [6.07, 6.45) is 2.31. The number of benzene rings is 1. The van der Waals surface area contributed by atoms with Gasteiger partial charge in [0.05, 0.1) is 0 Å². The Kier molecular flexibility index (Phi) is 3.60. The smallest absolute Gasteiger partial charge is 0.352 e. The maximum absolute atomic E-state index is 12.0. The molecule has 1 amide bonds. The van der Waals surface area contributed by atoms with Gasteiger partial charge in [-0.25, -0.2) is 9.36 Å². The zero-order valence-corrected chi connectivity index (χ0v) is 11.8. The highest BCUT2D eigenvalue weighted by molar-refractivity contribution is 5.76. The fourth-order valence-corrected chi connectivity index (χ4v) is 2.36. The predicted octanol–water partition coefficient (Wildman–Crippen LogP) is 1.42. The minimum Gasteiger partial charge on any atom is -0.352 e. The lowest BCUT2D eigenvalue weighted by molar-refractivity contribution is -0.122. The number of carbonyl (C=O) groups excluding carboxylic acids is 1. The minimum atomic E-state index is -0.622. The highest BCUT2D eigenvalue weighted by Gasteiger charge is 2.29. The Hall–Kier alpha value is -2.37. The molecule has 0 radical (unpaired) electrons. The van der Waals surface area contributed by atoms with Crippen molar-refractivity contribution in [2.24, 2.45) is 5.92 Å². The van der Waals surface area contributed by atoms with Gasteiger partial charge in [-0.3, -0.25) is 9.32 Å². The Morgan fingerprint density at radius 2 is 2.14 bits per heavy atom. The van der Waals surface area contributed by atoms with E-state index in [-0.39, 0.29) is 18.5 Å².